The van der Waals surface area contributed by atoms with Crippen molar-refractivity contribution in [3.05, 3.63) is 64.7 Å². The number of carbonyl (C=O) groups excluding carboxylic acids is 2. The SMILES string of the molecule is CC(NC(=O)C(=O)Nc1ccccc1C(C)(C)C)c1ccc2c(c1)CCCC2. The van der Waals surface area contributed by atoms with E-state index >= 15 is 0 Å². The maximum Gasteiger partial charge on any atom is 0.313 e. The summed E-state index contributed by atoms with van der Waals surface area (Å²) in [7, 11) is 0. The highest BCUT2D eigenvalue weighted by molar-refractivity contribution is 6.39. The number of hydrogen-bond acceptors (Lipinski definition) is 2. The second-order valence-corrected chi connectivity index (χ2v) is 8.68. The molecule has 0 heterocycles. The van der Waals surface area contributed by atoms with Crippen molar-refractivity contribution in [2.24, 2.45) is 0 Å². The van der Waals surface area contributed by atoms with E-state index in [1.807, 2.05) is 31.2 Å². The minimum Gasteiger partial charge on any atom is -0.341 e. The van der Waals surface area contributed by atoms with Crippen LogP contribution in [-0.2, 0) is 27.8 Å². The molecule has 28 heavy (non-hydrogen) atoms. The number of anilines is 1. The number of rotatable bonds is 3. The maximum atomic E-state index is 12.5. The van der Waals surface area contributed by atoms with Gasteiger partial charge in [0.1, 0.15) is 0 Å². The average molecular weight is 379 g/mol. The van der Waals surface area contributed by atoms with Crippen LogP contribution in [0.4, 0.5) is 5.69 Å². The summed E-state index contributed by atoms with van der Waals surface area (Å²) in [5, 5.41) is 5.60. The highest BCUT2D eigenvalue weighted by atomic mass is 16.2. The number of amides is 2. The van der Waals surface area contributed by atoms with Crippen LogP contribution in [0.2, 0.25) is 0 Å². The molecule has 2 N–H and O–H groups in total. The van der Waals surface area contributed by atoms with Crippen molar-refractivity contribution in [1.82, 2.24) is 5.32 Å². The average Bonchev–Trinajstić information content (AvgIpc) is 2.67. The summed E-state index contributed by atoms with van der Waals surface area (Å²) in [4.78, 5) is 24.9. The Hall–Kier alpha value is -2.62. The van der Waals surface area contributed by atoms with Gasteiger partial charge < -0.3 is 10.6 Å². The first-order valence-electron chi connectivity index (χ1n) is 10.1. The molecule has 0 aromatic heterocycles. The second kappa shape index (κ2) is 8.17. The Labute approximate surface area is 167 Å². The van der Waals surface area contributed by atoms with E-state index < -0.39 is 11.8 Å². The van der Waals surface area contributed by atoms with Crippen LogP contribution >= 0.6 is 0 Å². The molecule has 4 nitrogen and oxygen atoms in total. The van der Waals surface area contributed by atoms with Crippen molar-refractivity contribution in [2.75, 3.05) is 5.32 Å². The zero-order valence-corrected chi connectivity index (χ0v) is 17.3. The van der Waals surface area contributed by atoms with Crippen molar-refractivity contribution in [1.29, 1.82) is 0 Å². The smallest absolute Gasteiger partial charge is 0.313 e. The van der Waals surface area contributed by atoms with E-state index in [4.69, 9.17) is 0 Å². The van der Waals surface area contributed by atoms with Gasteiger partial charge in [0.05, 0.1) is 6.04 Å². The summed E-state index contributed by atoms with van der Waals surface area (Å²) >= 11 is 0. The standard InChI is InChI=1S/C24H30N2O2/c1-16(18-14-13-17-9-5-6-10-19(17)15-18)25-22(27)23(28)26-21-12-8-7-11-20(21)24(2,3)4/h7-8,11-16H,5-6,9-10H2,1-4H3,(H,25,27)(H,26,28). The van der Waals surface area contributed by atoms with Crippen molar-refractivity contribution < 1.29 is 9.59 Å². The summed E-state index contributed by atoms with van der Waals surface area (Å²) in [5.74, 6) is -1.25. The minimum atomic E-state index is -0.637. The van der Waals surface area contributed by atoms with Gasteiger partial charge in [-0.1, -0.05) is 57.2 Å². The normalized spacial score (nSPS) is 14.7. The molecule has 1 unspecified atom stereocenters. The number of aryl methyl sites for hydroxylation is 2. The Bertz CT molecular complexity index is 880. The van der Waals surface area contributed by atoms with E-state index in [0.717, 1.165) is 24.0 Å². The van der Waals surface area contributed by atoms with Gasteiger partial charge in [0.2, 0.25) is 0 Å². The van der Waals surface area contributed by atoms with E-state index in [-0.39, 0.29) is 11.5 Å². The van der Waals surface area contributed by atoms with Crippen LogP contribution in [0.25, 0.3) is 0 Å². The van der Waals surface area contributed by atoms with Crippen LogP contribution < -0.4 is 10.6 Å². The van der Waals surface area contributed by atoms with E-state index in [1.54, 1.807) is 0 Å². The largest absolute Gasteiger partial charge is 0.341 e. The molecule has 148 valence electrons. The zero-order chi connectivity index (χ0) is 20.3. The van der Waals surface area contributed by atoms with Crippen LogP contribution in [0.5, 0.6) is 0 Å². The minimum absolute atomic E-state index is 0.128. The van der Waals surface area contributed by atoms with E-state index in [0.29, 0.717) is 5.69 Å². The fourth-order valence-corrected chi connectivity index (χ4v) is 3.79. The van der Waals surface area contributed by atoms with Crippen molar-refractivity contribution in [2.45, 2.75) is 64.8 Å². The van der Waals surface area contributed by atoms with Gasteiger partial charge in [0.15, 0.2) is 0 Å². The highest BCUT2D eigenvalue weighted by Crippen LogP contribution is 2.29. The molecule has 0 radical (unpaired) electrons. The summed E-state index contributed by atoms with van der Waals surface area (Å²) in [5.41, 5.74) is 5.36. The molecular formula is C24H30N2O2. The lowest BCUT2D eigenvalue weighted by Gasteiger charge is -2.23. The molecule has 0 spiro atoms. The summed E-state index contributed by atoms with van der Waals surface area (Å²) < 4.78 is 0. The number of fused-ring (bicyclic) bond motifs is 1. The van der Waals surface area contributed by atoms with E-state index in [1.165, 1.54) is 24.0 Å². The second-order valence-electron chi connectivity index (χ2n) is 8.68. The lowest BCUT2D eigenvalue weighted by Crippen LogP contribution is -2.37. The fraction of sp³-hybridized carbons (Fsp3) is 0.417. The van der Waals surface area contributed by atoms with Crippen molar-refractivity contribution >= 4 is 17.5 Å². The molecule has 0 fully saturated rings. The van der Waals surface area contributed by atoms with Crippen LogP contribution in [-0.4, -0.2) is 11.8 Å². The Morgan fingerprint density at radius 2 is 1.61 bits per heavy atom. The maximum absolute atomic E-state index is 12.5. The van der Waals surface area contributed by atoms with Gasteiger partial charge in [-0.3, -0.25) is 9.59 Å². The lowest BCUT2D eigenvalue weighted by atomic mass is 9.86. The molecule has 4 heteroatoms. The summed E-state index contributed by atoms with van der Waals surface area (Å²) in [6.07, 6.45) is 4.68. The molecular weight excluding hydrogens is 348 g/mol. The van der Waals surface area contributed by atoms with Gasteiger partial charge in [-0.2, -0.15) is 0 Å². The first-order chi connectivity index (χ1) is 13.3. The van der Waals surface area contributed by atoms with Crippen molar-refractivity contribution in [3.8, 4) is 0 Å². The first kappa shape index (κ1) is 20.1. The molecule has 0 saturated carbocycles. The van der Waals surface area contributed by atoms with Crippen molar-refractivity contribution in [3.63, 3.8) is 0 Å². The monoisotopic (exact) mass is 378 g/mol. The predicted octanol–water partition coefficient (Wildman–Crippen LogP) is 4.68. The van der Waals surface area contributed by atoms with Gasteiger partial charge >= 0.3 is 11.8 Å². The zero-order valence-electron chi connectivity index (χ0n) is 17.3. The molecule has 2 amide bonds. The molecule has 1 aliphatic carbocycles. The van der Waals surface area contributed by atoms with Gasteiger partial charge in [-0.25, -0.2) is 0 Å². The number of hydrogen-bond donors (Lipinski definition) is 2. The Morgan fingerprint density at radius 1 is 0.929 bits per heavy atom. The molecule has 0 aliphatic heterocycles. The molecule has 2 aromatic carbocycles. The number of carbonyl (C=O) groups is 2. The van der Waals surface area contributed by atoms with Crippen LogP contribution in [0, 0.1) is 0 Å². The molecule has 2 aromatic rings. The summed E-state index contributed by atoms with van der Waals surface area (Å²) in [6, 6.07) is 13.8. The van der Waals surface area contributed by atoms with E-state index in [2.05, 4.69) is 49.6 Å². The molecule has 0 saturated heterocycles. The third-order valence-electron chi connectivity index (χ3n) is 5.41. The Balaban J connectivity index is 1.67. The van der Waals surface area contributed by atoms with Gasteiger partial charge in [0.25, 0.3) is 0 Å². The summed E-state index contributed by atoms with van der Waals surface area (Å²) in [6.45, 7) is 8.15. The van der Waals surface area contributed by atoms with Gasteiger partial charge in [-0.15, -0.1) is 0 Å². The highest BCUT2D eigenvalue weighted by Gasteiger charge is 2.22. The quantitative estimate of drug-likeness (QED) is 0.762. The topological polar surface area (TPSA) is 58.2 Å². The number of para-hydroxylation sites is 1. The predicted molar refractivity (Wildman–Crippen MR) is 113 cm³/mol. The number of nitrogens with one attached hydrogen (secondary N) is 2. The molecule has 0 bridgehead atoms. The van der Waals surface area contributed by atoms with Gasteiger partial charge in [-0.05, 0) is 66.3 Å². The third kappa shape index (κ3) is 4.61. The van der Waals surface area contributed by atoms with Crippen LogP contribution in [0.1, 0.15) is 68.8 Å². The van der Waals surface area contributed by atoms with Crippen LogP contribution in [0.15, 0.2) is 42.5 Å². The lowest BCUT2D eigenvalue weighted by molar-refractivity contribution is -0.136. The fourth-order valence-electron chi connectivity index (χ4n) is 3.79. The number of benzene rings is 2. The first-order valence-corrected chi connectivity index (χ1v) is 10.1. The molecule has 1 aliphatic rings. The van der Waals surface area contributed by atoms with Crippen LogP contribution in [0.3, 0.4) is 0 Å². The Morgan fingerprint density at radius 3 is 2.32 bits per heavy atom. The molecule has 1 atom stereocenters. The van der Waals surface area contributed by atoms with Gasteiger partial charge in [0, 0.05) is 5.69 Å². The third-order valence-corrected chi connectivity index (χ3v) is 5.41. The Kier molecular flexibility index (Phi) is 5.87. The molecule has 3 rings (SSSR count). The van der Waals surface area contributed by atoms with E-state index in [9.17, 15) is 9.59 Å².